The Bertz CT molecular complexity index is 1190. The van der Waals surface area contributed by atoms with Gasteiger partial charge >= 0.3 is 19.8 Å². The van der Waals surface area contributed by atoms with Crippen molar-refractivity contribution in [2.45, 2.75) is 154 Å². The Morgan fingerprint density at radius 1 is 0.564 bits per heavy atom. The maximum Gasteiger partial charge on any atom is 0.472 e. The Kier molecular flexibility index (Phi) is 37.3. The molecule has 0 fully saturated rings. The van der Waals surface area contributed by atoms with Crippen LogP contribution in [0.4, 0.5) is 0 Å². The Labute approximate surface area is 332 Å². The van der Waals surface area contributed by atoms with Crippen molar-refractivity contribution in [1.29, 1.82) is 0 Å². The highest BCUT2D eigenvalue weighted by Crippen LogP contribution is 2.43. The minimum absolute atomic E-state index is 0.0529. The molecule has 0 rings (SSSR count). The second-order valence-electron chi connectivity index (χ2n) is 13.3. The summed E-state index contributed by atoms with van der Waals surface area (Å²) in [6.07, 6.45) is 45.6. The molecule has 0 aliphatic heterocycles. The van der Waals surface area contributed by atoms with Gasteiger partial charge in [-0.15, -0.1) is 0 Å². The molecule has 3 atom stereocenters. The number of hydrogen-bond acceptors (Lipinski definition) is 9. The first-order chi connectivity index (χ1) is 26.7. The molecule has 0 saturated heterocycles. The van der Waals surface area contributed by atoms with Crippen molar-refractivity contribution in [2.24, 2.45) is 0 Å². The molecule has 11 heteroatoms. The zero-order chi connectivity index (χ0) is 40.5. The number of aliphatic hydroxyl groups excluding tert-OH is 2. The number of allylic oxidation sites excluding steroid dienone is 14. The minimum Gasteiger partial charge on any atom is -0.462 e. The Balaban J connectivity index is 4.50. The number of rotatable bonds is 37. The van der Waals surface area contributed by atoms with E-state index in [4.69, 9.17) is 19.1 Å². The zero-order valence-corrected chi connectivity index (χ0v) is 34.7. The van der Waals surface area contributed by atoms with Crippen molar-refractivity contribution in [2.75, 3.05) is 26.4 Å². The van der Waals surface area contributed by atoms with Crippen LogP contribution in [-0.2, 0) is 32.7 Å². The van der Waals surface area contributed by atoms with E-state index in [0.29, 0.717) is 12.8 Å². The van der Waals surface area contributed by atoms with Gasteiger partial charge in [-0.25, -0.2) is 4.57 Å². The van der Waals surface area contributed by atoms with Gasteiger partial charge in [0.15, 0.2) is 6.10 Å². The van der Waals surface area contributed by atoms with Crippen molar-refractivity contribution in [1.82, 2.24) is 0 Å². The first kappa shape index (κ1) is 52.2. The number of carbonyl (C=O) groups excluding carboxylic acids is 2. The summed E-state index contributed by atoms with van der Waals surface area (Å²) in [5, 5.41) is 18.3. The molecule has 0 heterocycles. The maximum absolute atomic E-state index is 12.6. The molecule has 0 bridgehead atoms. The normalized spacial score (nSPS) is 14.8. The summed E-state index contributed by atoms with van der Waals surface area (Å²) < 4.78 is 32.5. The molecule has 0 aromatic carbocycles. The molecule has 0 aromatic rings. The van der Waals surface area contributed by atoms with Gasteiger partial charge in [0.1, 0.15) is 12.7 Å². The lowest BCUT2D eigenvalue weighted by molar-refractivity contribution is -0.161. The van der Waals surface area contributed by atoms with E-state index in [1.165, 1.54) is 25.7 Å². The highest BCUT2D eigenvalue weighted by Gasteiger charge is 2.27. The van der Waals surface area contributed by atoms with Crippen molar-refractivity contribution in [3.05, 3.63) is 85.1 Å². The molecule has 0 spiro atoms. The van der Waals surface area contributed by atoms with E-state index in [-0.39, 0.29) is 19.4 Å². The average molecular weight is 793 g/mol. The zero-order valence-electron chi connectivity index (χ0n) is 33.9. The van der Waals surface area contributed by atoms with Crippen LogP contribution < -0.4 is 0 Å². The lowest BCUT2D eigenvalue weighted by Crippen LogP contribution is -2.29. The van der Waals surface area contributed by atoms with Crippen LogP contribution in [0.25, 0.3) is 0 Å². The van der Waals surface area contributed by atoms with Crippen molar-refractivity contribution in [3.63, 3.8) is 0 Å². The van der Waals surface area contributed by atoms with E-state index in [1.54, 1.807) is 0 Å². The number of hydrogen-bond donors (Lipinski definition) is 3. The van der Waals surface area contributed by atoms with Gasteiger partial charge in [-0.1, -0.05) is 137 Å². The summed E-state index contributed by atoms with van der Waals surface area (Å²) in [6.45, 7) is 2.13. The Hall–Kier alpha value is -2.85. The fourth-order valence-corrected chi connectivity index (χ4v) is 5.68. The number of phosphoric acid groups is 1. The summed E-state index contributed by atoms with van der Waals surface area (Å²) in [4.78, 5) is 34.9. The Morgan fingerprint density at radius 3 is 1.58 bits per heavy atom. The maximum atomic E-state index is 12.6. The fourth-order valence-electron chi connectivity index (χ4n) is 4.89. The van der Waals surface area contributed by atoms with Crippen LogP contribution in [-0.4, -0.2) is 65.7 Å². The third kappa shape index (κ3) is 39.2. The van der Waals surface area contributed by atoms with Crippen LogP contribution in [0.5, 0.6) is 0 Å². The summed E-state index contributed by atoms with van der Waals surface area (Å²) >= 11 is 0. The number of carbonyl (C=O) groups is 2. The molecule has 55 heavy (non-hydrogen) atoms. The smallest absolute Gasteiger partial charge is 0.462 e. The van der Waals surface area contributed by atoms with Gasteiger partial charge in [0.25, 0.3) is 0 Å². The van der Waals surface area contributed by atoms with Crippen LogP contribution in [0.2, 0.25) is 0 Å². The largest absolute Gasteiger partial charge is 0.472 e. The summed E-state index contributed by atoms with van der Waals surface area (Å²) in [5.74, 6) is -1.04. The molecule has 0 amide bonds. The van der Waals surface area contributed by atoms with E-state index in [1.807, 2.05) is 12.2 Å². The predicted molar refractivity (Wildman–Crippen MR) is 223 cm³/mol. The van der Waals surface area contributed by atoms with Crippen LogP contribution in [0, 0.1) is 0 Å². The van der Waals surface area contributed by atoms with Gasteiger partial charge in [0, 0.05) is 12.8 Å². The third-order valence-corrected chi connectivity index (χ3v) is 9.00. The van der Waals surface area contributed by atoms with Gasteiger partial charge in [-0.2, -0.15) is 0 Å². The van der Waals surface area contributed by atoms with Crippen LogP contribution in [0.3, 0.4) is 0 Å². The third-order valence-electron chi connectivity index (χ3n) is 8.05. The van der Waals surface area contributed by atoms with E-state index < -0.39 is 51.8 Å². The molecule has 0 aliphatic carbocycles. The molecule has 0 radical (unpaired) electrons. The van der Waals surface area contributed by atoms with E-state index >= 15 is 0 Å². The second kappa shape index (κ2) is 39.4. The molecule has 3 N–H and O–H groups in total. The van der Waals surface area contributed by atoms with Gasteiger partial charge in [-0.3, -0.25) is 18.6 Å². The van der Waals surface area contributed by atoms with Gasteiger partial charge in [0.2, 0.25) is 0 Å². The average Bonchev–Trinajstić information content (AvgIpc) is 3.17. The van der Waals surface area contributed by atoms with Crippen molar-refractivity contribution in [3.8, 4) is 0 Å². The highest BCUT2D eigenvalue weighted by molar-refractivity contribution is 7.47. The Morgan fingerprint density at radius 2 is 1.04 bits per heavy atom. The van der Waals surface area contributed by atoms with E-state index in [2.05, 4.69) is 91.3 Å². The fraction of sp³-hybridized carbons (Fsp3) is 0.636. The van der Waals surface area contributed by atoms with Crippen LogP contribution in [0.1, 0.15) is 142 Å². The second-order valence-corrected chi connectivity index (χ2v) is 14.7. The molecular weight excluding hydrogens is 719 g/mol. The van der Waals surface area contributed by atoms with Crippen LogP contribution in [0.15, 0.2) is 85.1 Å². The molecule has 314 valence electrons. The SMILES string of the molecule is CCC=CCC=CCC=CCC=CCC=CCC=CCCC(=O)OC(COC(=O)CCCCCCCC=CCCCCCC)COP(=O)(O)OCC(O)CO. The number of aliphatic hydroxyl groups is 2. The number of esters is 2. The first-order valence-corrected chi connectivity index (χ1v) is 22.0. The number of phosphoric ester groups is 1. The lowest BCUT2D eigenvalue weighted by atomic mass is 10.1. The summed E-state index contributed by atoms with van der Waals surface area (Å²) in [5.41, 5.74) is 0. The quantitative estimate of drug-likeness (QED) is 0.0240. The van der Waals surface area contributed by atoms with Crippen molar-refractivity contribution < 1.29 is 47.8 Å². The van der Waals surface area contributed by atoms with Gasteiger partial charge in [-0.05, 0) is 77.0 Å². The molecule has 0 aliphatic rings. The topological polar surface area (TPSA) is 149 Å². The highest BCUT2D eigenvalue weighted by atomic mass is 31.2. The monoisotopic (exact) mass is 792 g/mol. The molecular formula is C44H73O10P. The summed E-state index contributed by atoms with van der Waals surface area (Å²) in [6, 6.07) is 0. The molecule has 3 unspecified atom stereocenters. The minimum atomic E-state index is -4.64. The van der Waals surface area contributed by atoms with Crippen molar-refractivity contribution >= 4 is 19.8 Å². The van der Waals surface area contributed by atoms with E-state index in [9.17, 15) is 24.2 Å². The molecule has 0 saturated carbocycles. The molecule has 0 aromatic heterocycles. The standard InChI is InChI=1S/C44H73O10P/c1-3-5-7-9-11-13-15-17-18-19-20-21-22-24-26-28-30-32-34-36-44(48)54-42(40-53-55(49,50)52-38-41(46)37-45)39-51-43(47)35-33-31-29-27-25-23-16-14-12-10-8-6-4-2/h5,7,11,13-14,16-18,20-21,24,26,30,32,41-42,45-46H,3-4,6,8-10,12,15,19,22-23,25,27-29,31,33-40H2,1-2H3,(H,49,50). The number of unbranched alkanes of at least 4 members (excludes halogenated alkanes) is 9. The van der Waals surface area contributed by atoms with Crippen LogP contribution >= 0.6 is 7.82 Å². The summed E-state index contributed by atoms with van der Waals surface area (Å²) in [7, 11) is -4.64. The predicted octanol–water partition coefficient (Wildman–Crippen LogP) is 10.7. The first-order valence-electron chi connectivity index (χ1n) is 20.5. The lowest BCUT2D eigenvalue weighted by Gasteiger charge is -2.20. The molecule has 10 nitrogen and oxygen atoms in total. The van der Waals surface area contributed by atoms with Gasteiger partial charge < -0.3 is 24.6 Å². The van der Waals surface area contributed by atoms with Gasteiger partial charge in [0.05, 0.1) is 19.8 Å². The van der Waals surface area contributed by atoms with E-state index in [0.717, 1.165) is 77.0 Å². The number of ether oxygens (including phenoxy) is 2.